The molecule has 2 N–H and O–H groups in total. The smallest absolute Gasteiger partial charge is 0.275 e. The molecular weight excluding hydrogens is 392 g/mol. The van der Waals surface area contributed by atoms with Crippen LogP contribution in [0, 0.1) is 0 Å². The topological polar surface area (TPSA) is 84.5 Å². The number of rotatable bonds is 6. The Bertz CT molecular complexity index is 747. The molecule has 0 bridgehead atoms. The molecule has 0 fully saturated rings. The van der Waals surface area contributed by atoms with Crippen molar-refractivity contribution in [2.45, 2.75) is 17.2 Å². The number of benzene rings is 1. The van der Waals surface area contributed by atoms with Gasteiger partial charge in [0.05, 0.1) is 0 Å². The predicted molar refractivity (Wildman–Crippen MR) is 87.0 cm³/mol. The van der Waals surface area contributed by atoms with Gasteiger partial charge in [-0.05, 0) is 36.6 Å². The Hall–Kier alpha value is -1.42. The van der Waals surface area contributed by atoms with Gasteiger partial charge in [-0.2, -0.15) is 0 Å². The first-order valence-corrected chi connectivity index (χ1v) is 9.31. The fourth-order valence-electron chi connectivity index (χ4n) is 1.48. The van der Waals surface area contributed by atoms with Crippen LogP contribution in [0.1, 0.15) is 6.92 Å². The first kappa shape index (κ1) is 16.9. The van der Waals surface area contributed by atoms with E-state index in [2.05, 4.69) is 21.4 Å². The zero-order valence-corrected chi connectivity index (χ0v) is 14.7. The van der Waals surface area contributed by atoms with Crippen LogP contribution in [0.2, 0.25) is 0 Å². The number of nitrogens with one attached hydrogen (secondary N) is 2. The van der Waals surface area contributed by atoms with Crippen LogP contribution >= 0.6 is 27.3 Å². The fraction of sp³-hybridized carbons (Fsp3) is 0.154. The van der Waals surface area contributed by atoms with Gasteiger partial charge in [0.15, 0.2) is 6.10 Å². The van der Waals surface area contributed by atoms with Gasteiger partial charge in [0.1, 0.15) is 9.96 Å². The number of thiophene rings is 1. The maximum Gasteiger partial charge on any atom is 0.275 e. The van der Waals surface area contributed by atoms with Gasteiger partial charge >= 0.3 is 0 Å². The maximum absolute atomic E-state index is 11.9. The van der Waals surface area contributed by atoms with Crippen LogP contribution in [0.3, 0.4) is 0 Å². The number of ether oxygens (including phenoxy) is 1. The third-order valence-corrected chi connectivity index (χ3v) is 5.69. The van der Waals surface area contributed by atoms with Gasteiger partial charge in [-0.25, -0.2) is 8.42 Å². The van der Waals surface area contributed by atoms with Gasteiger partial charge < -0.3 is 4.74 Å². The first-order chi connectivity index (χ1) is 10.4. The molecule has 1 heterocycles. The minimum absolute atomic E-state index is 0.119. The van der Waals surface area contributed by atoms with E-state index in [-0.39, 0.29) is 4.21 Å². The second kappa shape index (κ2) is 7.23. The van der Waals surface area contributed by atoms with E-state index in [1.807, 2.05) is 10.9 Å². The number of hydrogen-bond donors (Lipinski definition) is 2. The summed E-state index contributed by atoms with van der Waals surface area (Å²) in [5.41, 5.74) is 2.14. The molecule has 0 aliphatic rings. The number of sulfonamides is 1. The molecule has 0 saturated carbocycles. The molecule has 2 aromatic rings. The number of carbonyl (C=O) groups excluding carboxylic acids is 1. The Labute approximate surface area is 140 Å². The average molecular weight is 405 g/mol. The number of halogens is 1. The second-order valence-electron chi connectivity index (χ2n) is 4.24. The van der Waals surface area contributed by atoms with Gasteiger partial charge in [-0.3, -0.25) is 10.2 Å². The monoisotopic (exact) mass is 404 g/mol. The highest BCUT2D eigenvalue weighted by Gasteiger charge is 2.19. The third-order valence-electron chi connectivity index (χ3n) is 2.55. The number of hydrogen-bond acceptors (Lipinski definition) is 5. The van der Waals surface area contributed by atoms with Crippen molar-refractivity contribution in [2.24, 2.45) is 0 Å². The Kier molecular flexibility index (Phi) is 5.57. The molecule has 0 spiro atoms. The SMILES string of the molecule is C[C@H](Oc1cccc(Br)c1)C(=O)NNS(=O)(=O)c1cccs1. The minimum atomic E-state index is -3.75. The molecular formula is C13H13BrN2O4S2. The Morgan fingerprint density at radius 3 is 2.73 bits per heavy atom. The van der Waals surface area contributed by atoms with Crippen LogP contribution in [0.4, 0.5) is 0 Å². The molecule has 0 unspecified atom stereocenters. The van der Waals surface area contributed by atoms with Crippen LogP contribution < -0.4 is 15.0 Å². The van der Waals surface area contributed by atoms with Gasteiger partial charge in [-0.15, -0.1) is 16.2 Å². The van der Waals surface area contributed by atoms with Crippen molar-refractivity contribution >= 4 is 43.2 Å². The van der Waals surface area contributed by atoms with E-state index < -0.39 is 22.0 Å². The molecule has 2 rings (SSSR count). The zero-order chi connectivity index (χ0) is 16.2. The molecule has 118 valence electrons. The minimum Gasteiger partial charge on any atom is -0.481 e. The molecule has 0 aliphatic carbocycles. The highest BCUT2D eigenvalue weighted by atomic mass is 79.9. The maximum atomic E-state index is 11.9. The molecule has 1 aromatic carbocycles. The lowest BCUT2D eigenvalue weighted by Gasteiger charge is -2.15. The molecule has 22 heavy (non-hydrogen) atoms. The Morgan fingerprint density at radius 2 is 2.09 bits per heavy atom. The molecule has 0 radical (unpaired) electrons. The number of amides is 1. The molecule has 1 amide bonds. The number of carbonyl (C=O) groups is 1. The van der Waals surface area contributed by atoms with E-state index in [9.17, 15) is 13.2 Å². The lowest BCUT2D eigenvalue weighted by molar-refractivity contribution is -0.127. The highest BCUT2D eigenvalue weighted by molar-refractivity contribution is 9.10. The summed E-state index contributed by atoms with van der Waals surface area (Å²) in [4.78, 5) is 13.9. The predicted octanol–water partition coefficient (Wildman–Crippen LogP) is 2.29. The molecule has 9 heteroatoms. The molecule has 0 aliphatic heterocycles. The normalized spacial score (nSPS) is 12.6. The van der Waals surface area contributed by atoms with Crippen molar-refractivity contribution in [1.82, 2.24) is 10.3 Å². The summed E-state index contributed by atoms with van der Waals surface area (Å²) in [5, 5.41) is 1.63. The molecule has 6 nitrogen and oxygen atoms in total. The van der Waals surface area contributed by atoms with Crippen LogP contribution in [0.15, 0.2) is 50.5 Å². The zero-order valence-electron chi connectivity index (χ0n) is 11.4. The summed E-state index contributed by atoms with van der Waals surface area (Å²) < 4.78 is 30.1. The lowest BCUT2D eigenvalue weighted by atomic mass is 10.3. The van der Waals surface area contributed by atoms with Crippen LogP contribution in [-0.2, 0) is 14.8 Å². The van der Waals surface area contributed by atoms with E-state index >= 15 is 0 Å². The molecule has 1 aromatic heterocycles. The average Bonchev–Trinajstić information content (AvgIpc) is 3.00. The Balaban J connectivity index is 1.92. The van der Waals surface area contributed by atoms with Crippen LogP contribution in [0.5, 0.6) is 5.75 Å². The van der Waals surface area contributed by atoms with E-state index in [0.717, 1.165) is 15.8 Å². The standard InChI is InChI=1S/C13H13BrN2O4S2/c1-9(20-11-5-2-4-10(14)8-11)13(17)15-16-22(18,19)12-6-3-7-21-12/h2-9,16H,1H3,(H,15,17)/t9-/m0/s1. The Morgan fingerprint density at radius 1 is 1.32 bits per heavy atom. The summed E-state index contributed by atoms with van der Waals surface area (Å²) in [6.07, 6.45) is -0.861. The van der Waals surface area contributed by atoms with Crippen molar-refractivity contribution in [1.29, 1.82) is 0 Å². The number of hydrazine groups is 1. The van der Waals surface area contributed by atoms with Gasteiger partial charge in [0.2, 0.25) is 0 Å². The summed E-state index contributed by atoms with van der Waals surface area (Å²) in [5.74, 6) is -0.0988. The van der Waals surface area contributed by atoms with Crippen LogP contribution in [-0.4, -0.2) is 20.4 Å². The largest absolute Gasteiger partial charge is 0.481 e. The quantitative estimate of drug-likeness (QED) is 0.723. The van der Waals surface area contributed by atoms with E-state index in [4.69, 9.17) is 4.74 Å². The van der Waals surface area contributed by atoms with Crippen molar-refractivity contribution in [2.75, 3.05) is 0 Å². The first-order valence-electron chi connectivity index (χ1n) is 6.16. The highest BCUT2D eigenvalue weighted by Crippen LogP contribution is 2.19. The fourth-order valence-corrected chi connectivity index (χ4v) is 3.70. The van der Waals surface area contributed by atoms with E-state index in [1.165, 1.54) is 13.0 Å². The van der Waals surface area contributed by atoms with Crippen molar-refractivity contribution in [3.63, 3.8) is 0 Å². The summed E-state index contributed by atoms with van der Waals surface area (Å²) in [6.45, 7) is 1.52. The van der Waals surface area contributed by atoms with E-state index in [1.54, 1.807) is 29.6 Å². The summed E-state index contributed by atoms with van der Waals surface area (Å²) in [7, 11) is -3.75. The van der Waals surface area contributed by atoms with Crippen molar-refractivity contribution in [3.05, 3.63) is 46.3 Å². The van der Waals surface area contributed by atoms with Crippen molar-refractivity contribution < 1.29 is 17.9 Å². The van der Waals surface area contributed by atoms with Gasteiger partial charge in [0.25, 0.3) is 15.9 Å². The van der Waals surface area contributed by atoms with Gasteiger partial charge in [0, 0.05) is 4.47 Å². The van der Waals surface area contributed by atoms with Crippen molar-refractivity contribution in [3.8, 4) is 5.75 Å². The summed E-state index contributed by atoms with van der Waals surface area (Å²) in [6, 6.07) is 10.1. The molecule has 0 saturated heterocycles. The third kappa shape index (κ3) is 4.54. The van der Waals surface area contributed by atoms with Gasteiger partial charge in [-0.1, -0.05) is 28.1 Å². The van der Waals surface area contributed by atoms with Crippen LogP contribution in [0.25, 0.3) is 0 Å². The van der Waals surface area contributed by atoms with E-state index in [0.29, 0.717) is 5.75 Å². The molecule has 1 atom stereocenters. The second-order valence-corrected chi connectivity index (χ2v) is 8.02. The lowest BCUT2D eigenvalue weighted by Crippen LogP contribution is -2.46. The summed E-state index contributed by atoms with van der Waals surface area (Å²) >= 11 is 4.35.